The smallest absolute Gasteiger partial charge is 0.238 e. The van der Waals surface area contributed by atoms with Crippen LogP contribution in [0, 0.1) is 0 Å². The minimum Gasteiger partial charge on any atom is -0.278 e. The van der Waals surface area contributed by atoms with E-state index in [2.05, 4.69) is 230 Å². The van der Waals surface area contributed by atoms with Gasteiger partial charge in [0.15, 0.2) is 11.6 Å². The van der Waals surface area contributed by atoms with Crippen LogP contribution in [-0.4, -0.2) is 15.0 Å². The standard InChI is InChI=1S/C63H52N4/c1-60(2)47-25-13-11-21-41(47)45-35-37(31-33-51(45)60)57-64-58(38-32-34-52-46(36-38)42-22-12-14-26-48(42)61(52,3)4)66-59(65-57)67(53-29-17-23-43-39-19-9-15-27-49(39)62(5,6)55(43)53)54-30-18-24-44-40-20-10-16-28-50(40)63(7,8)56(44)54/h9-36H,1-8H3. The fraction of sp³-hybridized carbons (Fsp3) is 0.190. The van der Waals surface area contributed by atoms with Crippen molar-refractivity contribution in [1.29, 1.82) is 0 Å². The molecule has 0 spiro atoms. The van der Waals surface area contributed by atoms with Crippen LogP contribution in [0.2, 0.25) is 0 Å². The summed E-state index contributed by atoms with van der Waals surface area (Å²) in [6.07, 6.45) is 0. The molecule has 4 nitrogen and oxygen atoms in total. The Morgan fingerprint density at radius 1 is 0.299 bits per heavy atom. The van der Waals surface area contributed by atoms with E-state index in [0.717, 1.165) is 22.5 Å². The Hall–Kier alpha value is -7.43. The topological polar surface area (TPSA) is 41.9 Å². The molecule has 0 unspecified atom stereocenters. The summed E-state index contributed by atoms with van der Waals surface area (Å²) in [5, 5.41) is 0. The molecular weight excluding hydrogens is 813 g/mol. The molecule has 0 amide bonds. The lowest BCUT2D eigenvalue weighted by atomic mass is 9.80. The van der Waals surface area contributed by atoms with Gasteiger partial charge in [-0.25, -0.2) is 4.98 Å². The lowest BCUT2D eigenvalue weighted by molar-refractivity contribution is 0.655. The van der Waals surface area contributed by atoms with Gasteiger partial charge in [0.2, 0.25) is 5.95 Å². The third-order valence-electron chi connectivity index (χ3n) is 16.1. The van der Waals surface area contributed by atoms with E-state index in [1.165, 1.54) is 89.0 Å². The number of hydrogen-bond acceptors (Lipinski definition) is 4. The first kappa shape index (κ1) is 39.9. The lowest BCUT2D eigenvalue weighted by Gasteiger charge is -2.34. The van der Waals surface area contributed by atoms with E-state index in [4.69, 9.17) is 15.0 Å². The summed E-state index contributed by atoms with van der Waals surface area (Å²) in [6, 6.07) is 62.7. The van der Waals surface area contributed by atoms with Crippen molar-refractivity contribution >= 4 is 17.3 Å². The zero-order valence-electron chi connectivity index (χ0n) is 39.5. The largest absolute Gasteiger partial charge is 0.278 e. The Kier molecular flexibility index (Phi) is 8.08. The van der Waals surface area contributed by atoms with Gasteiger partial charge < -0.3 is 0 Å². The Morgan fingerprint density at radius 2 is 0.627 bits per heavy atom. The van der Waals surface area contributed by atoms with E-state index >= 15 is 0 Å². The number of nitrogens with zero attached hydrogens (tertiary/aromatic N) is 4. The van der Waals surface area contributed by atoms with Gasteiger partial charge in [-0.1, -0.05) is 201 Å². The molecule has 67 heavy (non-hydrogen) atoms. The Morgan fingerprint density at radius 3 is 1.03 bits per heavy atom. The average molecular weight is 865 g/mol. The van der Waals surface area contributed by atoms with Crippen molar-refractivity contribution in [3.8, 4) is 67.3 Å². The summed E-state index contributed by atoms with van der Waals surface area (Å²) in [4.78, 5) is 19.2. The lowest BCUT2D eigenvalue weighted by Crippen LogP contribution is -2.25. The molecule has 324 valence electrons. The first-order valence-electron chi connectivity index (χ1n) is 23.8. The van der Waals surface area contributed by atoms with Crippen LogP contribution in [0.4, 0.5) is 17.3 Å². The molecule has 0 atom stereocenters. The fourth-order valence-electron chi connectivity index (χ4n) is 12.8. The predicted octanol–water partition coefficient (Wildman–Crippen LogP) is 15.9. The van der Waals surface area contributed by atoms with Gasteiger partial charge in [0.25, 0.3) is 0 Å². The molecule has 0 aliphatic heterocycles. The van der Waals surface area contributed by atoms with Crippen LogP contribution in [0.15, 0.2) is 170 Å². The van der Waals surface area contributed by atoms with Crippen molar-refractivity contribution in [3.63, 3.8) is 0 Å². The maximum absolute atomic E-state index is 5.68. The summed E-state index contributed by atoms with van der Waals surface area (Å²) in [5.74, 6) is 1.87. The molecule has 4 heteroatoms. The van der Waals surface area contributed by atoms with Gasteiger partial charge in [-0.15, -0.1) is 0 Å². The third-order valence-corrected chi connectivity index (χ3v) is 16.1. The van der Waals surface area contributed by atoms with E-state index < -0.39 is 0 Å². The molecule has 0 saturated heterocycles. The first-order valence-corrected chi connectivity index (χ1v) is 23.8. The highest BCUT2D eigenvalue weighted by molar-refractivity contribution is 5.95. The normalized spacial score (nSPS) is 16.2. The summed E-state index contributed by atoms with van der Waals surface area (Å²) in [7, 11) is 0. The molecule has 9 aromatic rings. The van der Waals surface area contributed by atoms with Crippen LogP contribution in [0.25, 0.3) is 67.3 Å². The van der Waals surface area contributed by atoms with E-state index in [1.807, 2.05) is 0 Å². The fourth-order valence-corrected chi connectivity index (χ4v) is 12.8. The van der Waals surface area contributed by atoms with Gasteiger partial charge in [-0.3, -0.25) is 4.90 Å². The van der Waals surface area contributed by atoms with Crippen molar-refractivity contribution in [2.75, 3.05) is 4.90 Å². The summed E-state index contributed by atoms with van der Waals surface area (Å²) >= 11 is 0. The van der Waals surface area contributed by atoms with Crippen LogP contribution < -0.4 is 4.90 Å². The van der Waals surface area contributed by atoms with Crippen molar-refractivity contribution in [1.82, 2.24) is 15.0 Å². The van der Waals surface area contributed by atoms with Gasteiger partial charge in [-0.2, -0.15) is 9.97 Å². The molecular formula is C63H52N4. The molecule has 0 bridgehead atoms. The minimum absolute atomic E-state index is 0.124. The minimum atomic E-state index is -0.309. The van der Waals surface area contributed by atoms with Gasteiger partial charge in [0, 0.05) is 32.8 Å². The molecule has 1 aromatic heterocycles. The van der Waals surface area contributed by atoms with Gasteiger partial charge in [0.05, 0.1) is 11.4 Å². The summed E-state index contributed by atoms with van der Waals surface area (Å²) < 4.78 is 0. The number of hydrogen-bond donors (Lipinski definition) is 0. The molecule has 0 fully saturated rings. The highest BCUT2D eigenvalue weighted by atomic mass is 15.3. The number of anilines is 3. The van der Waals surface area contributed by atoms with Crippen molar-refractivity contribution in [2.45, 2.75) is 77.0 Å². The second kappa shape index (κ2) is 13.6. The molecule has 8 aromatic carbocycles. The van der Waals surface area contributed by atoms with Crippen LogP contribution in [-0.2, 0) is 21.7 Å². The number of aromatic nitrogens is 3. The van der Waals surface area contributed by atoms with Crippen molar-refractivity contribution in [2.24, 2.45) is 0 Å². The quantitative estimate of drug-likeness (QED) is 0.173. The zero-order chi connectivity index (χ0) is 45.8. The molecule has 0 saturated carbocycles. The highest BCUT2D eigenvalue weighted by Crippen LogP contribution is 2.58. The number of fused-ring (bicyclic) bond motifs is 12. The van der Waals surface area contributed by atoms with Crippen LogP contribution in [0.1, 0.15) is 99.9 Å². The zero-order valence-corrected chi connectivity index (χ0v) is 39.5. The average Bonchev–Trinajstić information content (AvgIpc) is 3.92. The van der Waals surface area contributed by atoms with Gasteiger partial charge in [0.1, 0.15) is 0 Å². The first-order chi connectivity index (χ1) is 32.3. The maximum Gasteiger partial charge on any atom is 0.238 e. The molecule has 1 heterocycles. The molecule has 0 N–H and O–H groups in total. The van der Waals surface area contributed by atoms with E-state index in [9.17, 15) is 0 Å². The second-order valence-electron chi connectivity index (χ2n) is 21.2. The molecule has 13 rings (SSSR count). The highest BCUT2D eigenvalue weighted by Gasteiger charge is 2.43. The summed E-state index contributed by atoms with van der Waals surface area (Å²) in [5.41, 5.74) is 23.7. The van der Waals surface area contributed by atoms with E-state index in [1.54, 1.807) is 0 Å². The second-order valence-corrected chi connectivity index (χ2v) is 21.2. The van der Waals surface area contributed by atoms with Crippen LogP contribution >= 0.6 is 0 Å². The van der Waals surface area contributed by atoms with Crippen molar-refractivity contribution in [3.05, 3.63) is 214 Å². The number of benzene rings is 8. The Bertz CT molecular complexity index is 3370. The van der Waals surface area contributed by atoms with Crippen LogP contribution in [0.5, 0.6) is 0 Å². The third kappa shape index (κ3) is 5.38. The maximum atomic E-state index is 5.68. The van der Waals surface area contributed by atoms with Gasteiger partial charge >= 0.3 is 0 Å². The Balaban J connectivity index is 1.11. The van der Waals surface area contributed by atoms with Crippen LogP contribution in [0.3, 0.4) is 0 Å². The van der Waals surface area contributed by atoms with Crippen molar-refractivity contribution < 1.29 is 0 Å². The molecule has 4 aliphatic rings. The van der Waals surface area contributed by atoms with E-state index in [-0.39, 0.29) is 21.7 Å². The predicted molar refractivity (Wildman–Crippen MR) is 276 cm³/mol. The SMILES string of the molecule is CC1(C)c2ccccc2-c2cc(-c3nc(-c4ccc5c(c4)-c4ccccc4C5(C)C)nc(N(c4cccc5c4C(C)(C)c4ccccc4-5)c4cccc5c4C(C)(C)c4ccccc4-5)n3)ccc21. The number of rotatable bonds is 5. The monoisotopic (exact) mass is 864 g/mol. The van der Waals surface area contributed by atoms with E-state index in [0.29, 0.717) is 17.6 Å². The molecule has 0 radical (unpaired) electrons. The van der Waals surface area contributed by atoms with Gasteiger partial charge in [-0.05, 0) is 113 Å². The molecule has 4 aliphatic carbocycles. The Labute approximate surface area is 394 Å². The summed E-state index contributed by atoms with van der Waals surface area (Å²) in [6.45, 7) is 18.8.